The van der Waals surface area contributed by atoms with E-state index in [1.165, 1.54) is 0 Å². The van der Waals surface area contributed by atoms with Gasteiger partial charge in [-0.05, 0) is 31.2 Å². The number of ketones is 1. The van der Waals surface area contributed by atoms with E-state index >= 15 is 0 Å². The molecule has 0 amide bonds. The number of anilines is 2. The lowest BCUT2D eigenvalue weighted by Crippen LogP contribution is -1.95. The minimum Gasteiger partial charge on any atom is -0.355 e. The number of carbonyl (C=O) groups excluding carboxylic acids is 1. The Labute approximate surface area is 110 Å². The van der Waals surface area contributed by atoms with Crippen molar-refractivity contribution in [2.75, 3.05) is 5.32 Å². The molecule has 1 aromatic carbocycles. The van der Waals surface area contributed by atoms with Gasteiger partial charge in [0.05, 0.1) is 5.69 Å². The molecular formula is C15H13N3O. The molecule has 0 saturated heterocycles. The minimum atomic E-state index is 0.0603. The highest BCUT2D eigenvalue weighted by atomic mass is 16.1. The quantitative estimate of drug-likeness (QED) is 0.700. The Morgan fingerprint density at radius 2 is 2.16 bits per heavy atom. The van der Waals surface area contributed by atoms with Gasteiger partial charge in [-0.25, -0.2) is 4.98 Å². The van der Waals surface area contributed by atoms with Crippen molar-refractivity contribution in [3.05, 3.63) is 54.4 Å². The van der Waals surface area contributed by atoms with Gasteiger partial charge in [0, 0.05) is 29.0 Å². The molecule has 3 aromatic rings. The lowest BCUT2D eigenvalue weighted by atomic mass is 10.1. The van der Waals surface area contributed by atoms with Crippen LogP contribution in [0.25, 0.3) is 11.0 Å². The molecule has 0 aliphatic carbocycles. The molecular weight excluding hydrogens is 238 g/mol. The summed E-state index contributed by atoms with van der Waals surface area (Å²) in [6.45, 7) is 1.57. The zero-order chi connectivity index (χ0) is 13.2. The third-order valence-electron chi connectivity index (χ3n) is 3.01. The Kier molecular flexibility index (Phi) is 2.76. The molecule has 0 fully saturated rings. The van der Waals surface area contributed by atoms with Gasteiger partial charge >= 0.3 is 0 Å². The summed E-state index contributed by atoms with van der Waals surface area (Å²) in [5.74, 6) is 0.0603. The second-order valence-electron chi connectivity index (χ2n) is 4.36. The Hall–Kier alpha value is -2.62. The predicted octanol–water partition coefficient (Wildman–Crippen LogP) is 3.51. The van der Waals surface area contributed by atoms with Crippen LogP contribution >= 0.6 is 0 Å². The number of aromatic amines is 1. The molecule has 4 heteroatoms. The zero-order valence-corrected chi connectivity index (χ0v) is 10.5. The van der Waals surface area contributed by atoms with Gasteiger partial charge in [-0.3, -0.25) is 4.79 Å². The molecule has 2 aromatic heterocycles. The average molecular weight is 251 g/mol. The maximum Gasteiger partial charge on any atom is 0.159 e. The maximum atomic E-state index is 11.4. The fourth-order valence-electron chi connectivity index (χ4n) is 2.04. The molecule has 94 valence electrons. The van der Waals surface area contributed by atoms with E-state index in [1.807, 2.05) is 42.6 Å². The first-order valence-electron chi connectivity index (χ1n) is 6.04. The van der Waals surface area contributed by atoms with Gasteiger partial charge in [-0.2, -0.15) is 0 Å². The molecule has 0 bridgehead atoms. The van der Waals surface area contributed by atoms with Crippen molar-refractivity contribution in [1.82, 2.24) is 9.97 Å². The molecule has 0 unspecified atom stereocenters. The van der Waals surface area contributed by atoms with E-state index in [1.54, 1.807) is 13.1 Å². The fourth-order valence-corrected chi connectivity index (χ4v) is 2.04. The minimum absolute atomic E-state index is 0.0603. The van der Waals surface area contributed by atoms with E-state index in [0.717, 1.165) is 22.4 Å². The van der Waals surface area contributed by atoms with Gasteiger partial charge < -0.3 is 10.3 Å². The SMILES string of the molecule is CC(=O)c1cccc(Nc2ccnc3[nH]ccc23)c1. The standard InChI is InChI=1S/C15H13N3O/c1-10(19)11-3-2-4-12(9-11)18-14-6-8-17-15-13(14)5-7-16-15/h2-9H,1H3,(H2,16,17,18). The van der Waals surface area contributed by atoms with Crippen molar-refractivity contribution in [2.45, 2.75) is 6.92 Å². The van der Waals surface area contributed by atoms with E-state index < -0.39 is 0 Å². The van der Waals surface area contributed by atoms with E-state index in [0.29, 0.717) is 5.56 Å². The smallest absolute Gasteiger partial charge is 0.159 e. The van der Waals surface area contributed by atoms with Crippen molar-refractivity contribution in [3.8, 4) is 0 Å². The number of carbonyl (C=O) groups is 1. The summed E-state index contributed by atoms with van der Waals surface area (Å²) in [7, 11) is 0. The van der Waals surface area contributed by atoms with Gasteiger partial charge in [-0.1, -0.05) is 12.1 Å². The summed E-state index contributed by atoms with van der Waals surface area (Å²) in [4.78, 5) is 18.7. The van der Waals surface area contributed by atoms with Gasteiger partial charge in [0.25, 0.3) is 0 Å². The number of hydrogen-bond donors (Lipinski definition) is 2. The summed E-state index contributed by atoms with van der Waals surface area (Å²) >= 11 is 0. The zero-order valence-electron chi connectivity index (χ0n) is 10.5. The first-order chi connectivity index (χ1) is 9.24. The molecule has 2 N–H and O–H groups in total. The molecule has 3 rings (SSSR count). The van der Waals surface area contributed by atoms with Crippen LogP contribution in [0, 0.1) is 0 Å². The lowest BCUT2D eigenvalue weighted by molar-refractivity contribution is 0.101. The van der Waals surface area contributed by atoms with Crippen molar-refractivity contribution in [3.63, 3.8) is 0 Å². The van der Waals surface area contributed by atoms with Gasteiger partial charge in [0.15, 0.2) is 5.78 Å². The van der Waals surface area contributed by atoms with Crippen molar-refractivity contribution in [2.24, 2.45) is 0 Å². The predicted molar refractivity (Wildman–Crippen MR) is 75.8 cm³/mol. The van der Waals surface area contributed by atoms with Crippen LogP contribution in [0.2, 0.25) is 0 Å². The Morgan fingerprint density at radius 1 is 1.26 bits per heavy atom. The summed E-state index contributed by atoms with van der Waals surface area (Å²) in [5, 5.41) is 4.34. The number of hydrogen-bond acceptors (Lipinski definition) is 3. The number of aromatic nitrogens is 2. The molecule has 0 spiro atoms. The highest BCUT2D eigenvalue weighted by molar-refractivity contribution is 5.96. The van der Waals surface area contributed by atoms with Crippen LogP contribution < -0.4 is 5.32 Å². The Bertz CT molecular complexity index is 746. The van der Waals surface area contributed by atoms with Gasteiger partial charge in [0.1, 0.15) is 5.65 Å². The molecule has 19 heavy (non-hydrogen) atoms. The number of benzene rings is 1. The van der Waals surface area contributed by atoms with E-state index in [4.69, 9.17) is 0 Å². The monoisotopic (exact) mass is 251 g/mol. The highest BCUT2D eigenvalue weighted by Gasteiger charge is 2.04. The normalized spacial score (nSPS) is 10.6. The summed E-state index contributed by atoms with van der Waals surface area (Å²) in [6.07, 6.45) is 3.60. The topological polar surface area (TPSA) is 57.8 Å². The molecule has 0 aliphatic rings. The number of fused-ring (bicyclic) bond motifs is 1. The van der Waals surface area contributed by atoms with E-state index in [2.05, 4.69) is 15.3 Å². The fraction of sp³-hybridized carbons (Fsp3) is 0.0667. The van der Waals surface area contributed by atoms with Crippen LogP contribution in [0.3, 0.4) is 0 Å². The summed E-state index contributed by atoms with van der Waals surface area (Å²) in [5.41, 5.74) is 3.39. The molecule has 0 atom stereocenters. The molecule has 0 radical (unpaired) electrons. The molecule has 4 nitrogen and oxygen atoms in total. The Morgan fingerprint density at radius 3 is 3.00 bits per heavy atom. The van der Waals surface area contributed by atoms with E-state index in [-0.39, 0.29) is 5.78 Å². The van der Waals surface area contributed by atoms with Crippen molar-refractivity contribution < 1.29 is 4.79 Å². The van der Waals surface area contributed by atoms with E-state index in [9.17, 15) is 4.79 Å². The third-order valence-corrected chi connectivity index (χ3v) is 3.01. The number of pyridine rings is 1. The number of Topliss-reactive ketones (excluding diaryl/α,β-unsaturated/α-hetero) is 1. The second kappa shape index (κ2) is 4.57. The van der Waals surface area contributed by atoms with Crippen molar-refractivity contribution in [1.29, 1.82) is 0 Å². The Balaban J connectivity index is 1.99. The number of nitrogens with zero attached hydrogens (tertiary/aromatic N) is 1. The number of H-pyrrole nitrogens is 1. The largest absolute Gasteiger partial charge is 0.355 e. The number of nitrogens with one attached hydrogen (secondary N) is 2. The van der Waals surface area contributed by atoms with Crippen LogP contribution in [0.4, 0.5) is 11.4 Å². The first-order valence-corrected chi connectivity index (χ1v) is 6.04. The van der Waals surface area contributed by atoms with Crippen LogP contribution in [-0.4, -0.2) is 15.8 Å². The maximum absolute atomic E-state index is 11.4. The van der Waals surface area contributed by atoms with Gasteiger partial charge in [0.2, 0.25) is 0 Å². The third kappa shape index (κ3) is 2.20. The van der Waals surface area contributed by atoms with Crippen LogP contribution in [0.5, 0.6) is 0 Å². The second-order valence-corrected chi connectivity index (χ2v) is 4.36. The highest BCUT2D eigenvalue weighted by Crippen LogP contribution is 2.24. The van der Waals surface area contributed by atoms with Crippen LogP contribution in [0.15, 0.2) is 48.8 Å². The first kappa shape index (κ1) is 11.5. The average Bonchev–Trinajstić information content (AvgIpc) is 2.88. The summed E-state index contributed by atoms with van der Waals surface area (Å²) in [6, 6.07) is 11.4. The molecule has 2 heterocycles. The lowest BCUT2D eigenvalue weighted by Gasteiger charge is -2.08. The van der Waals surface area contributed by atoms with Crippen LogP contribution in [0.1, 0.15) is 17.3 Å². The number of rotatable bonds is 3. The molecule has 0 aliphatic heterocycles. The summed E-state index contributed by atoms with van der Waals surface area (Å²) < 4.78 is 0. The molecule has 0 saturated carbocycles. The van der Waals surface area contributed by atoms with Crippen LogP contribution in [-0.2, 0) is 0 Å². The van der Waals surface area contributed by atoms with Gasteiger partial charge in [-0.15, -0.1) is 0 Å². The van der Waals surface area contributed by atoms with Crippen molar-refractivity contribution >= 4 is 28.2 Å².